The van der Waals surface area contributed by atoms with E-state index >= 15 is 0 Å². The summed E-state index contributed by atoms with van der Waals surface area (Å²) in [6, 6.07) is -0.867. The third kappa shape index (κ3) is 41.6. The Bertz CT molecular complexity index is 1290. The summed E-state index contributed by atoms with van der Waals surface area (Å²) in [4.78, 5) is 46.2. The van der Waals surface area contributed by atoms with Crippen LogP contribution in [0.15, 0.2) is 72.9 Å². The Hall–Kier alpha value is -3.08. The highest BCUT2D eigenvalue weighted by atomic mass is 31.2. The summed E-state index contributed by atoms with van der Waals surface area (Å²) in [5.41, 5.74) is 0. The fourth-order valence-corrected chi connectivity index (χ4v) is 6.59. The summed E-state index contributed by atoms with van der Waals surface area (Å²) in [6.07, 6.45) is 48.8. The lowest BCUT2D eigenvalue weighted by atomic mass is 10.0. The summed E-state index contributed by atoms with van der Waals surface area (Å²) in [5, 5.41) is 11.6. The third-order valence-electron chi connectivity index (χ3n) is 9.43. The highest BCUT2D eigenvalue weighted by molar-refractivity contribution is 7.47. The fraction of sp³-hybridized carbons (Fsp3) is 0.688. The number of carboxylic acids is 1. The third-order valence-corrected chi connectivity index (χ3v) is 10.4. The number of phosphoric acid groups is 1. The normalized spacial score (nSPS) is 14.3. The van der Waals surface area contributed by atoms with Crippen molar-refractivity contribution >= 4 is 25.7 Å². The van der Waals surface area contributed by atoms with Gasteiger partial charge in [-0.15, -0.1) is 0 Å². The van der Waals surface area contributed by atoms with Crippen LogP contribution in [-0.2, 0) is 37.5 Å². The van der Waals surface area contributed by atoms with Gasteiger partial charge in [-0.05, 0) is 58.3 Å². The van der Waals surface area contributed by atoms with Crippen LogP contribution in [0, 0.1) is 0 Å². The van der Waals surface area contributed by atoms with Gasteiger partial charge in [-0.25, -0.2) is 4.57 Å². The molecule has 0 aromatic carbocycles. The minimum atomic E-state index is -4.57. The molecular weight excluding hydrogens is 781 g/mol. The highest BCUT2D eigenvalue weighted by Gasteiger charge is 2.26. The van der Waals surface area contributed by atoms with Crippen molar-refractivity contribution in [2.75, 3.05) is 26.4 Å². The van der Waals surface area contributed by atoms with Crippen molar-refractivity contribution < 1.29 is 47.5 Å². The number of hydrogen-bond acceptors (Lipinski definition) is 9. The minimum absolute atomic E-state index is 0.00862. The molecule has 0 aliphatic rings. The molecule has 60 heavy (non-hydrogen) atoms. The molecule has 0 spiro atoms. The number of esters is 2. The molecule has 0 radical (unpaired) electrons. The van der Waals surface area contributed by atoms with Gasteiger partial charge in [0.05, 0.1) is 13.2 Å². The lowest BCUT2D eigenvalue weighted by Crippen LogP contribution is -2.35. The number of carboxylic acid groups (broad SMARTS) is 1. The van der Waals surface area contributed by atoms with E-state index in [9.17, 15) is 23.8 Å². The zero-order valence-corrected chi connectivity index (χ0v) is 38.4. The largest absolute Gasteiger partial charge is 0.480 e. The second-order valence-corrected chi connectivity index (χ2v) is 16.5. The molecule has 12 heteroatoms. The van der Waals surface area contributed by atoms with Crippen LogP contribution in [0.1, 0.15) is 175 Å². The van der Waals surface area contributed by atoms with E-state index in [4.69, 9.17) is 23.6 Å². The number of allylic oxidation sites excluding steroid dienone is 12. The summed E-state index contributed by atoms with van der Waals surface area (Å²) in [5.74, 6) is -2.08. The van der Waals surface area contributed by atoms with Gasteiger partial charge in [0.25, 0.3) is 0 Å². The zero-order chi connectivity index (χ0) is 44.2. The number of phosphoric ester groups is 1. The van der Waals surface area contributed by atoms with E-state index in [1.165, 1.54) is 77.6 Å². The summed E-state index contributed by atoms with van der Waals surface area (Å²) in [7, 11) is -4.57. The molecule has 344 valence electrons. The maximum Gasteiger partial charge on any atom is 0.472 e. The van der Waals surface area contributed by atoms with Crippen LogP contribution in [-0.4, -0.2) is 66.4 Å². The van der Waals surface area contributed by atoms with Crippen molar-refractivity contribution in [3.8, 4) is 0 Å². The quantitative estimate of drug-likeness (QED) is 0.0232. The molecule has 0 bridgehead atoms. The van der Waals surface area contributed by atoms with Crippen LogP contribution in [0.3, 0.4) is 0 Å². The Labute approximate surface area is 363 Å². The van der Waals surface area contributed by atoms with Crippen LogP contribution in [0.5, 0.6) is 0 Å². The first kappa shape index (κ1) is 56.9. The van der Waals surface area contributed by atoms with Gasteiger partial charge in [0.1, 0.15) is 12.6 Å². The summed E-state index contributed by atoms with van der Waals surface area (Å²) < 4.78 is 33.3. The molecule has 3 N–H and O–H groups in total. The van der Waals surface area contributed by atoms with Gasteiger partial charge in [-0.3, -0.25) is 23.4 Å². The molecular formula is C48H82NO10P. The van der Waals surface area contributed by atoms with Crippen molar-refractivity contribution in [1.29, 1.82) is 0 Å². The Morgan fingerprint density at radius 1 is 0.583 bits per heavy atom. The lowest BCUT2D eigenvalue weighted by Gasteiger charge is -2.20. The lowest BCUT2D eigenvalue weighted by molar-refractivity contribution is -0.161. The molecule has 0 aliphatic heterocycles. The van der Waals surface area contributed by atoms with Crippen LogP contribution in [0.4, 0.5) is 0 Å². The van der Waals surface area contributed by atoms with E-state index < -0.39 is 44.5 Å². The van der Waals surface area contributed by atoms with Gasteiger partial charge in [-0.1, -0.05) is 177 Å². The standard InChI is InChI=1S/C48H82NO10P/c1-4-6-8-10-12-14-16-18-20-21-22-23-25-27-29-31-33-35-37-39-47(51)59-45(43-58-60(54,55)57-41-40-49-44(3)48(52)53)42-56-46(50)38-36-34-32-30-28-26-24-19-17-15-13-11-9-7-5-2/h6,8,12,14,18,20,22-23,27,29,33,35,44-45,49H,4-5,7,9-11,13,15-17,19,21,24-26,28,30-32,34,36-43H2,1-3H3,(H,52,53)(H,54,55)/b8-6-,14-12-,20-18-,23-22-,29-27-,35-33-/t44?,45-/m1/s1. The van der Waals surface area contributed by atoms with Crippen LogP contribution < -0.4 is 5.32 Å². The minimum Gasteiger partial charge on any atom is -0.480 e. The highest BCUT2D eigenvalue weighted by Crippen LogP contribution is 2.43. The predicted octanol–water partition coefficient (Wildman–Crippen LogP) is 12.4. The summed E-state index contributed by atoms with van der Waals surface area (Å²) in [6.45, 7) is 4.64. The van der Waals surface area contributed by atoms with E-state index in [1.54, 1.807) is 0 Å². The van der Waals surface area contributed by atoms with Crippen molar-refractivity contribution in [3.63, 3.8) is 0 Å². The van der Waals surface area contributed by atoms with Gasteiger partial charge in [0.15, 0.2) is 6.10 Å². The van der Waals surface area contributed by atoms with E-state index in [0.29, 0.717) is 12.8 Å². The molecule has 11 nitrogen and oxygen atoms in total. The number of carbonyl (C=O) groups excluding carboxylic acids is 2. The number of aliphatic carboxylic acids is 1. The molecule has 0 saturated carbocycles. The number of carbonyl (C=O) groups is 3. The van der Waals surface area contributed by atoms with Gasteiger partial charge in [0, 0.05) is 19.4 Å². The number of rotatable bonds is 42. The monoisotopic (exact) mass is 864 g/mol. The van der Waals surface area contributed by atoms with Crippen LogP contribution >= 0.6 is 7.82 Å². The second-order valence-electron chi connectivity index (χ2n) is 15.1. The molecule has 0 aromatic heterocycles. The second kappa shape index (κ2) is 42.6. The molecule has 0 aromatic rings. The van der Waals surface area contributed by atoms with Gasteiger partial charge >= 0.3 is 25.7 Å². The van der Waals surface area contributed by atoms with Gasteiger partial charge in [0.2, 0.25) is 0 Å². The first-order valence-electron chi connectivity index (χ1n) is 22.9. The smallest absolute Gasteiger partial charge is 0.472 e. The van der Waals surface area contributed by atoms with Gasteiger partial charge < -0.3 is 24.8 Å². The molecule has 2 unspecified atom stereocenters. The van der Waals surface area contributed by atoms with Crippen molar-refractivity contribution in [2.24, 2.45) is 0 Å². The van der Waals surface area contributed by atoms with E-state index in [0.717, 1.165) is 57.8 Å². The average molecular weight is 864 g/mol. The van der Waals surface area contributed by atoms with Crippen molar-refractivity contribution in [3.05, 3.63) is 72.9 Å². The van der Waals surface area contributed by atoms with E-state index in [-0.39, 0.29) is 32.6 Å². The van der Waals surface area contributed by atoms with E-state index in [2.05, 4.69) is 79.9 Å². The maximum absolute atomic E-state index is 12.7. The first-order chi connectivity index (χ1) is 29.1. The van der Waals surface area contributed by atoms with Crippen molar-refractivity contribution in [2.45, 2.75) is 187 Å². The zero-order valence-electron chi connectivity index (χ0n) is 37.5. The molecule has 0 heterocycles. The Morgan fingerprint density at radius 2 is 1.03 bits per heavy atom. The topological polar surface area (TPSA) is 158 Å². The summed E-state index contributed by atoms with van der Waals surface area (Å²) >= 11 is 0. The van der Waals surface area contributed by atoms with Crippen LogP contribution in [0.2, 0.25) is 0 Å². The van der Waals surface area contributed by atoms with Crippen LogP contribution in [0.25, 0.3) is 0 Å². The molecule has 0 saturated heterocycles. The number of nitrogens with one attached hydrogen (secondary N) is 1. The fourth-order valence-electron chi connectivity index (χ4n) is 5.84. The first-order valence-corrected chi connectivity index (χ1v) is 24.4. The molecule has 0 rings (SSSR count). The number of unbranched alkanes of at least 4 members (excludes halogenated alkanes) is 14. The SMILES string of the molecule is CC/C=C\C/C=C\C/C=C\C/C=C\C/C=C\C/C=C\CCC(=O)O[C@H](COC(=O)CCCCCCCCCCCCCCCCC)COP(=O)(O)OCCNC(C)C(=O)O. The predicted molar refractivity (Wildman–Crippen MR) is 245 cm³/mol. The molecule has 0 fully saturated rings. The van der Waals surface area contributed by atoms with Crippen molar-refractivity contribution in [1.82, 2.24) is 5.32 Å². The Morgan fingerprint density at radius 3 is 1.50 bits per heavy atom. The molecule has 0 aliphatic carbocycles. The molecule has 0 amide bonds. The number of hydrogen-bond donors (Lipinski definition) is 3. The number of ether oxygens (including phenoxy) is 2. The van der Waals surface area contributed by atoms with Gasteiger partial charge in [-0.2, -0.15) is 0 Å². The Kier molecular flexibility index (Phi) is 40.4. The molecule has 3 atom stereocenters. The maximum atomic E-state index is 12.7. The average Bonchev–Trinajstić information content (AvgIpc) is 3.22. The Balaban J connectivity index is 4.55. The van der Waals surface area contributed by atoms with E-state index in [1.807, 2.05) is 12.2 Å².